The Hall–Kier alpha value is -1.32. The van der Waals surface area contributed by atoms with E-state index in [-0.39, 0.29) is 12.4 Å². The van der Waals surface area contributed by atoms with Gasteiger partial charge in [-0.3, -0.25) is 9.59 Å². The Bertz CT molecular complexity index is 376. The van der Waals surface area contributed by atoms with Crippen LogP contribution < -0.4 is 0 Å². The summed E-state index contributed by atoms with van der Waals surface area (Å²) in [6.07, 6.45) is 19.5. The molecule has 0 aliphatic heterocycles. The summed E-state index contributed by atoms with van der Waals surface area (Å²) in [6, 6.07) is 0. The van der Waals surface area contributed by atoms with Crippen molar-refractivity contribution in [3.63, 3.8) is 0 Å². The fourth-order valence-electron chi connectivity index (χ4n) is 2.87. The summed E-state index contributed by atoms with van der Waals surface area (Å²) < 4.78 is 5.19. The normalized spacial score (nSPS) is 12.4. The van der Waals surface area contributed by atoms with Gasteiger partial charge in [0, 0.05) is 6.42 Å². The first-order valence-corrected chi connectivity index (χ1v) is 10.7. The van der Waals surface area contributed by atoms with Gasteiger partial charge in [-0.15, -0.1) is 0 Å². The average molecular weight is 369 g/mol. The van der Waals surface area contributed by atoms with Crippen LogP contribution in [0.15, 0.2) is 12.2 Å². The first-order chi connectivity index (χ1) is 12.6. The monoisotopic (exact) mass is 368 g/mol. The van der Waals surface area contributed by atoms with E-state index in [1.54, 1.807) is 0 Å². The quantitative estimate of drug-likeness (QED) is 0.172. The lowest BCUT2D eigenvalue weighted by Gasteiger charge is -2.13. The molecule has 0 saturated heterocycles. The third kappa shape index (κ3) is 17.5. The molecule has 1 N–H and O–H groups in total. The van der Waals surface area contributed by atoms with Gasteiger partial charge in [-0.25, -0.2) is 0 Å². The molecule has 4 nitrogen and oxygen atoms in total. The number of carbonyl (C=O) groups excluding carboxylic acids is 1. The highest BCUT2D eigenvalue weighted by Gasteiger charge is 2.15. The molecule has 26 heavy (non-hydrogen) atoms. The molecular weight excluding hydrogens is 328 g/mol. The summed E-state index contributed by atoms with van der Waals surface area (Å²) in [5.41, 5.74) is 0. The lowest BCUT2D eigenvalue weighted by atomic mass is 10.1. The van der Waals surface area contributed by atoms with Crippen LogP contribution in [0.25, 0.3) is 0 Å². The number of esters is 1. The van der Waals surface area contributed by atoms with Gasteiger partial charge in [-0.2, -0.15) is 0 Å². The Morgan fingerprint density at radius 3 is 1.92 bits per heavy atom. The summed E-state index contributed by atoms with van der Waals surface area (Å²) in [7, 11) is 0. The lowest BCUT2D eigenvalue weighted by Crippen LogP contribution is -2.20. The lowest BCUT2D eigenvalue weighted by molar-refractivity contribution is -0.153. The number of carbonyl (C=O) groups is 2. The number of unbranched alkanes of at least 4 members (excludes halogenated alkanes) is 10. The van der Waals surface area contributed by atoms with Gasteiger partial charge in [-0.05, 0) is 38.5 Å². The van der Waals surface area contributed by atoms with Crippen molar-refractivity contribution in [2.24, 2.45) is 0 Å². The zero-order valence-corrected chi connectivity index (χ0v) is 17.0. The van der Waals surface area contributed by atoms with Gasteiger partial charge in [0.2, 0.25) is 0 Å². The number of carboxylic acids is 1. The largest absolute Gasteiger partial charge is 0.481 e. The molecule has 0 aliphatic rings. The highest BCUT2D eigenvalue weighted by Crippen LogP contribution is 2.11. The number of aliphatic carboxylic acids is 1. The Kier molecular flexibility index (Phi) is 17.5. The molecule has 0 spiro atoms. The van der Waals surface area contributed by atoms with Crippen molar-refractivity contribution in [3.8, 4) is 0 Å². The molecule has 0 aromatic carbocycles. The van der Waals surface area contributed by atoms with Crippen molar-refractivity contribution >= 4 is 11.9 Å². The number of allylic oxidation sites excluding steroid dienone is 2. The van der Waals surface area contributed by atoms with E-state index in [0.717, 1.165) is 25.7 Å². The van der Waals surface area contributed by atoms with E-state index in [2.05, 4.69) is 19.1 Å². The molecule has 1 unspecified atom stereocenters. The second-order valence-corrected chi connectivity index (χ2v) is 7.10. The van der Waals surface area contributed by atoms with Crippen molar-refractivity contribution < 1.29 is 19.4 Å². The van der Waals surface area contributed by atoms with Crippen LogP contribution in [0, 0.1) is 0 Å². The van der Waals surface area contributed by atoms with Crippen molar-refractivity contribution in [2.75, 3.05) is 0 Å². The molecule has 0 saturated carbocycles. The van der Waals surface area contributed by atoms with E-state index in [9.17, 15) is 9.59 Å². The molecule has 1 atom stereocenters. The van der Waals surface area contributed by atoms with Gasteiger partial charge in [-0.1, -0.05) is 70.9 Å². The maximum atomic E-state index is 11.7. The Labute approximate surface area is 160 Å². The standard InChI is InChI=1S/C22H40O4/c1-3-5-6-7-8-9-10-11-12-13-14-15-16-17-18-22(25)26-20(4-2)19-21(23)24/h10-11,20H,3-9,12-19H2,1-2H3,(H,23,24)/b11-10-. The fraction of sp³-hybridized carbons (Fsp3) is 0.818. The molecule has 0 rings (SSSR count). The first-order valence-electron chi connectivity index (χ1n) is 10.7. The summed E-state index contributed by atoms with van der Waals surface area (Å²) in [4.78, 5) is 22.3. The average Bonchev–Trinajstić information content (AvgIpc) is 2.61. The first kappa shape index (κ1) is 24.7. The van der Waals surface area contributed by atoms with Crippen molar-refractivity contribution in [1.82, 2.24) is 0 Å². The van der Waals surface area contributed by atoms with Crippen LogP contribution in [0.3, 0.4) is 0 Å². The number of ether oxygens (including phenoxy) is 1. The van der Waals surface area contributed by atoms with Gasteiger partial charge < -0.3 is 9.84 Å². The molecular formula is C22H40O4. The predicted octanol–water partition coefficient (Wildman–Crippen LogP) is 6.43. The van der Waals surface area contributed by atoms with E-state index < -0.39 is 12.1 Å². The van der Waals surface area contributed by atoms with Gasteiger partial charge >= 0.3 is 11.9 Å². The Balaban J connectivity index is 3.42. The number of carboxylic acid groups (broad SMARTS) is 1. The second-order valence-electron chi connectivity index (χ2n) is 7.10. The van der Waals surface area contributed by atoms with Crippen LogP contribution in [0.4, 0.5) is 0 Å². The van der Waals surface area contributed by atoms with Crippen molar-refractivity contribution in [2.45, 2.75) is 116 Å². The molecule has 0 radical (unpaired) electrons. The van der Waals surface area contributed by atoms with Crippen LogP contribution in [0.5, 0.6) is 0 Å². The summed E-state index contributed by atoms with van der Waals surface area (Å²) in [5, 5.41) is 8.74. The van der Waals surface area contributed by atoms with E-state index in [1.807, 2.05) is 6.92 Å². The predicted molar refractivity (Wildman–Crippen MR) is 107 cm³/mol. The summed E-state index contributed by atoms with van der Waals surface area (Å²) in [6.45, 7) is 4.08. The van der Waals surface area contributed by atoms with E-state index >= 15 is 0 Å². The maximum absolute atomic E-state index is 11.7. The highest BCUT2D eigenvalue weighted by atomic mass is 16.5. The van der Waals surface area contributed by atoms with Crippen LogP contribution in [-0.2, 0) is 14.3 Å². The van der Waals surface area contributed by atoms with Crippen molar-refractivity contribution in [3.05, 3.63) is 12.2 Å². The topological polar surface area (TPSA) is 63.6 Å². The molecule has 0 aromatic heterocycles. The zero-order chi connectivity index (χ0) is 19.5. The molecule has 0 heterocycles. The molecule has 0 fully saturated rings. The second kappa shape index (κ2) is 18.5. The van der Waals surface area contributed by atoms with Crippen LogP contribution in [0.1, 0.15) is 110 Å². The van der Waals surface area contributed by atoms with Crippen LogP contribution >= 0.6 is 0 Å². The summed E-state index contributed by atoms with van der Waals surface area (Å²) >= 11 is 0. The van der Waals surface area contributed by atoms with E-state index in [4.69, 9.17) is 9.84 Å². The smallest absolute Gasteiger partial charge is 0.307 e. The SMILES string of the molecule is CCCCCCC/C=C\CCCCCCCC(=O)OC(CC)CC(=O)O. The van der Waals surface area contributed by atoms with Crippen molar-refractivity contribution in [1.29, 1.82) is 0 Å². The highest BCUT2D eigenvalue weighted by molar-refractivity contribution is 5.71. The minimum Gasteiger partial charge on any atom is -0.481 e. The number of hydrogen-bond donors (Lipinski definition) is 1. The molecule has 4 heteroatoms. The minimum atomic E-state index is -0.921. The molecule has 0 amide bonds. The number of hydrogen-bond acceptors (Lipinski definition) is 3. The van der Waals surface area contributed by atoms with Crippen LogP contribution in [-0.4, -0.2) is 23.1 Å². The third-order valence-electron chi connectivity index (χ3n) is 4.55. The van der Waals surface area contributed by atoms with Gasteiger partial charge in [0.05, 0.1) is 6.42 Å². The van der Waals surface area contributed by atoms with Gasteiger partial charge in [0.1, 0.15) is 6.10 Å². The zero-order valence-electron chi connectivity index (χ0n) is 17.0. The van der Waals surface area contributed by atoms with Crippen LogP contribution in [0.2, 0.25) is 0 Å². The maximum Gasteiger partial charge on any atom is 0.307 e. The Morgan fingerprint density at radius 2 is 1.38 bits per heavy atom. The fourth-order valence-corrected chi connectivity index (χ4v) is 2.87. The van der Waals surface area contributed by atoms with E-state index in [1.165, 1.54) is 51.4 Å². The number of rotatable bonds is 18. The van der Waals surface area contributed by atoms with Gasteiger partial charge in [0.15, 0.2) is 0 Å². The molecule has 0 bridgehead atoms. The Morgan fingerprint density at radius 1 is 0.846 bits per heavy atom. The minimum absolute atomic E-state index is 0.103. The summed E-state index contributed by atoms with van der Waals surface area (Å²) in [5.74, 6) is -1.19. The third-order valence-corrected chi connectivity index (χ3v) is 4.55. The molecule has 0 aliphatic carbocycles. The van der Waals surface area contributed by atoms with E-state index in [0.29, 0.717) is 12.8 Å². The molecule has 0 aromatic rings. The van der Waals surface area contributed by atoms with Gasteiger partial charge in [0.25, 0.3) is 0 Å². The molecule has 152 valence electrons.